The molecule has 1 saturated carbocycles. The van der Waals surface area contributed by atoms with Crippen molar-refractivity contribution in [1.82, 2.24) is 5.32 Å². The summed E-state index contributed by atoms with van der Waals surface area (Å²) in [5.74, 6) is -2.81. The first kappa shape index (κ1) is 16.8. The number of amides is 1. The Morgan fingerprint density at radius 1 is 1.35 bits per heavy atom. The van der Waals surface area contributed by atoms with Crippen molar-refractivity contribution in [1.29, 1.82) is 0 Å². The molecular formula is C12H15Cl2NO5. The fourth-order valence-corrected chi connectivity index (χ4v) is 2.36. The molecule has 2 atom stereocenters. The van der Waals surface area contributed by atoms with Gasteiger partial charge in [0.05, 0.1) is 5.92 Å². The minimum absolute atomic E-state index is 0.0949. The number of carboxylic acids is 1. The highest BCUT2D eigenvalue weighted by Crippen LogP contribution is 2.59. The summed E-state index contributed by atoms with van der Waals surface area (Å²) < 4.78 is 4.49. The first-order valence-electron chi connectivity index (χ1n) is 5.84. The predicted octanol–water partition coefficient (Wildman–Crippen LogP) is 1.32. The highest BCUT2D eigenvalue weighted by atomic mass is 35.5. The molecule has 1 amide bonds. The Labute approximate surface area is 126 Å². The Balaban J connectivity index is 2.43. The molecule has 1 rings (SSSR count). The van der Waals surface area contributed by atoms with E-state index in [1.165, 1.54) is 0 Å². The van der Waals surface area contributed by atoms with Crippen LogP contribution in [0.4, 0.5) is 0 Å². The van der Waals surface area contributed by atoms with Gasteiger partial charge in [-0.05, 0) is 17.4 Å². The summed E-state index contributed by atoms with van der Waals surface area (Å²) in [5, 5.41) is 10.7. The quantitative estimate of drug-likeness (QED) is 0.719. The van der Waals surface area contributed by atoms with E-state index < -0.39 is 18.5 Å². The second kappa shape index (κ2) is 6.45. The lowest BCUT2D eigenvalue weighted by atomic mass is 10.1. The van der Waals surface area contributed by atoms with Crippen molar-refractivity contribution in [3.63, 3.8) is 0 Å². The van der Waals surface area contributed by atoms with Gasteiger partial charge in [-0.25, -0.2) is 4.79 Å². The van der Waals surface area contributed by atoms with Crippen LogP contribution < -0.4 is 5.32 Å². The number of carbonyl (C=O) groups excluding carboxylic acids is 2. The third-order valence-electron chi connectivity index (χ3n) is 3.26. The number of carbonyl (C=O) groups is 3. The Morgan fingerprint density at radius 3 is 2.45 bits per heavy atom. The zero-order valence-electron chi connectivity index (χ0n) is 11.0. The summed E-state index contributed by atoms with van der Waals surface area (Å²) in [7, 11) is 0. The highest BCUT2D eigenvalue weighted by Gasteiger charge is 2.60. The molecule has 20 heavy (non-hydrogen) atoms. The predicted molar refractivity (Wildman–Crippen MR) is 72.2 cm³/mol. The molecular weight excluding hydrogens is 309 g/mol. The average Bonchev–Trinajstić information content (AvgIpc) is 2.84. The van der Waals surface area contributed by atoms with Gasteiger partial charge >= 0.3 is 11.9 Å². The van der Waals surface area contributed by atoms with E-state index in [1.54, 1.807) is 6.08 Å². The zero-order chi connectivity index (χ0) is 15.5. The number of allylic oxidation sites excluding steroid dienone is 1. The average molecular weight is 324 g/mol. The molecule has 0 aromatic heterocycles. The summed E-state index contributed by atoms with van der Waals surface area (Å²) in [6.45, 7) is 2.68. The third-order valence-corrected chi connectivity index (χ3v) is 3.51. The van der Waals surface area contributed by atoms with Gasteiger partial charge in [-0.1, -0.05) is 37.0 Å². The monoisotopic (exact) mass is 323 g/mol. The molecule has 0 radical (unpaired) electrons. The number of halogens is 2. The van der Waals surface area contributed by atoms with Crippen LogP contribution in [0.15, 0.2) is 10.6 Å². The number of esters is 1. The van der Waals surface area contributed by atoms with Gasteiger partial charge < -0.3 is 15.2 Å². The molecule has 0 aromatic carbocycles. The Hall–Kier alpha value is -1.27. The topological polar surface area (TPSA) is 92.7 Å². The Bertz CT molecular complexity index is 457. The SMILES string of the molecule is CC1(C)[C@H](C(=O)NCC(=O)OCC(=O)O)[C@@H]1C=C(Cl)Cl. The molecule has 0 bridgehead atoms. The molecule has 0 heterocycles. The number of hydrogen-bond donors (Lipinski definition) is 2. The number of rotatable bonds is 6. The number of nitrogens with one attached hydrogen (secondary N) is 1. The maximum Gasteiger partial charge on any atom is 0.341 e. The van der Waals surface area contributed by atoms with Crippen molar-refractivity contribution in [2.75, 3.05) is 13.2 Å². The highest BCUT2D eigenvalue weighted by molar-refractivity contribution is 6.55. The maximum absolute atomic E-state index is 11.9. The van der Waals surface area contributed by atoms with Gasteiger partial charge in [0, 0.05) is 0 Å². The summed E-state index contributed by atoms with van der Waals surface area (Å²) in [6, 6.07) is 0. The van der Waals surface area contributed by atoms with Gasteiger partial charge in [0.25, 0.3) is 0 Å². The van der Waals surface area contributed by atoms with Crippen molar-refractivity contribution >= 4 is 41.0 Å². The van der Waals surface area contributed by atoms with Crippen molar-refractivity contribution in [2.45, 2.75) is 13.8 Å². The van der Waals surface area contributed by atoms with Crippen LogP contribution in [0.1, 0.15) is 13.8 Å². The van der Waals surface area contributed by atoms with Crippen LogP contribution in [0.2, 0.25) is 0 Å². The standard InChI is InChI=1S/C12H15Cl2NO5/c1-12(2)6(3-7(13)14)10(12)11(19)15-4-9(18)20-5-8(16)17/h3,6,10H,4-5H2,1-2H3,(H,15,19)(H,16,17)/t6-,10-/m0/s1. The smallest absolute Gasteiger partial charge is 0.341 e. The lowest BCUT2D eigenvalue weighted by molar-refractivity contribution is -0.154. The van der Waals surface area contributed by atoms with Crippen molar-refractivity contribution < 1.29 is 24.2 Å². The van der Waals surface area contributed by atoms with Crippen LogP contribution in [0.25, 0.3) is 0 Å². The molecule has 0 aliphatic heterocycles. The van der Waals surface area contributed by atoms with E-state index in [4.69, 9.17) is 28.3 Å². The largest absolute Gasteiger partial charge is 0.479 e. The van der Waals surface area contributed by atoms with Crippen LogP contribution >= 0.6 is 23.2 Å². The summed E-state index contributed by atoms with van der Waals surface area (Å²) in [5.41, 5.74) is -0.288. The van der Waals surface area contributed by atoms with Gasteiger partial charge in [0.1, 0.15) is 11.0 Å². The van der Waals surface area contributed by atoms with E-state index in [2.05, 4.69) is 10.1 Å². The van der Waals surface area contributed by atoms with Crippen LogP contribution in [0.3, 0.4) is 0 Å². The maximum atomic E-state index is 11.9. The molecule has 0 spiro atoms. The first-order chi connectivity index (χ1) is 9.16. The van der Waals surface area contributed by atoms with E-state index in [-0.39, 0.29) is 34.2 Å². The van der Waals surface area contributed by atoms with Gasteiger partial charge in [-0.3, -0.25) is 9.59 Å². The zero-order valence-corrected chi connectivity index (χ0v) is 12.5. The van der Waals surface area contributed by atoms with Crippen molar-refractivity contribution in [3.8, 4) is 0 Å². The summed E-state index contributed by atoms with van der Waals surface area (Å²) in [4.78, 5) is 33.3. The fourth-order valence-electron chi connectivity index (χ4n) is 2.09. The Morgan fingerprint density at radius 2 is 1.95 bits per heavy atom. The van der Waals surface area contributed by atoms with Crippen LogP contribution in [0, 0.1) is 17.3 Å². The Kier molecular flexibility index (Phi) is 5.42. The number of ether oxygens (including phenoxy) is 1. The van der Waals surface area contributed by atoms with Gasteiger partial charge in [0.15, 0.2) is 6.61 Å². The second-order valence-corrected chi connectivity index (χ2v) is 6.06. The fraction of sp³-hybridized carbons (Fsp3) is 0.583. The molecule has 112 valence electrons. The van der Waals surface area contributed by atoms with Crippen LogP contribution in [-0.2, 0) is 19.1 Å². The molecule has 8 heteroatoms. The van der Waals surface area contributed by atoms with E-state index in [9.17, 15) is 14.4 Å². The molecule has 1 aliphatic carbocycles. The second-order valence-electron chi connectivity index (χ2n) is 5.05. The number of carboxylic acid groups (broad SMARTS) is 1. The molecule has 0 aromatic rings. The number of aliphatic carboxylic acids is 1. The van der Waals surface area contributed by atoms with Gasteiger partial charge in [-0.2, -0.15) is 0 Å². The van der Waals surface area contributed by atoms with E-state index in [0.717, 1.165) is 0 Å². The molecule has 6 nitrogen and oxygen atoms in total. The lowest BCUT2D eigenvalue weighted by Crippen LogP contribution is -2.33. The van der Waals surface area contributed by atoms with Crippen LogP contribution in [-0.4, -0.2) is 36.1 Å². The minimum atomic E-state index is -1.25. The molecule has 1 aliphatic rings. The minimum Gasteiger partial charge on any atom is -0.479 e. The van der Waals surface area contributed by atoms with E-state index >= 15 is 0 Å². The molecule has 0 unspecified atom stereocenters. The van der Waals surface area contributed by atoms with Crippen molar-refractivity contribution in [3.05, 3.63) is 10.6 Å². The van der Waals surface area contributed by atoms with Crippen LogP contribution in [0.5, 0.6) is 0 Å². The van der Waals surface area contributed by atoms with Gasteiger partial charge in [-0.15, -0.1) is 0 Å². The first-order valence-corrected chi connectivity index (χ1v) is 6.59. The number of hydrogen-bond acceptors (Lipinski definition) is 4. The summed E-state index contributed by atoms with van der Waals surface area (Å²) >= 11 is 11.1. The van der Waals surface area contributed by atoms with Crippen molar-refractivity contribution in [2.24, 2.45) is 17.3 Å². The molecule has 1 fully saturated rings. The van der Waals surface area contributed by atoms with E-state index in [0.29, 0.717) is 0 Å². The summed E-state index contributed by atoms with van der Waals surface area (Å²) in [6.07, 6.45) is 1.59. The van der Waals surface area contributed by atoms with Gasteiger partial charge in [0.2, 0.25) is 5.91 Å². The molecule has 0 saturated heterocycles. The lowest BCUT2D eigenvalue weighted by Gasteiger charge is -2.05. The normalized spacial score (nSPS) is 22.6. The molecule has 2 N–H and O–H groups in total. The van der Waals surface area contributed by atoms with E-state index in [1.807, 2.05) is 13.8 Å². The third kappa shape index (κ3) is 4.38.